The van der Waals surface area contributed by atoms with Crippen LogP contribution in [0.2, 0.25) is 20.1 Å². The van der Waals surface area contributed by atoms with Crippen molar-refractivity contribution in [1.82, 2.24) is 5.32 Å². The van der Waals surface area contributed by atoms with Gasteiger partial charge in [-0.3, -0.25) is 0 Å². The molecule has 1 N–H and O–H groups in total. The molecule has 0 aliphatic carbocycles. The number of nitrogens with one attached hydrogen (secondary N) is 1. The van der Waals surface area contributed by atoms with Gasteiger partial charge in [-0.1, -0.05) is 58.5 Å². The first-order valence-electron chi connectivity index (χ1n) is 9.45. The first-order chi connectivity index (χ1) is 14.9. The average molecular weight is 601 g/mol. The molecule has 32 heavy (non-hydrogen) atoms. The minimum Gasteiger partial charge on any atom is -0.493 e. The monoisotopic (exact) mass is 597 g/mol. The van der Waals surface area contributed by atoms with Crippen LogP contribution in [0.5, 0.6) is 11.5 Å². The minimum atomic E-state index is 0. The van der Waals surface area contributed by atoms with Crippen molar-refractivity contribution in [3.63, 3.8) is 0 Å². The molecule has 0 aliphatic heterocycles. The standard InChI is InChI=1S/C23H20BrCl4NO2.ClH/c1-30-22-9-14(12-29-7-6-15-2-4-17(25)10-20(15)27)8-19(24)23(22)31-13-16-3-5-18(26)11-21(16)28;/h2-5,8-11,29H,6-7,12-13H2,1H3;1H. The lowest BCUT2D eigenvalue weighted by Crippen LogP contribution is -2.17. The van der Waals surface area contributed by atoms with Crippen molar-refractivity contribution in [2.45, 2.75) is 19.6 Å². The lowest BCUT2D eigenvalue weighted by atomic mass is 10.1. The molecule has 3 nitrogen and oxygen atoms in total. The van der Waals surface area contributed by atoms with Gasteiger partial charge in [0.25, 0.3) is 0 Å². The van der Waals surface area contributed by atoms with Gasteiger partial charge in [-0.05, 0) is 76.4 Å². The predicted molar refractivity (Wildman–Crippen MR) is 141 cm³/mol. The second-order valence-corrected chi connectivity index (χ2v) is 9.34. The Morgan fingerprint density at radius 2 is 1.50 bits per heavy atom. The highest BCUT2D eigenvalue weighted by Gasteiger charge is 2.13. The number of ether oxygens (including phenoxy) is 2. The predicted octanol–water partition coefficient (Wildman–Crippen LogP) is 8.40. The van der Waals surface area contributed by atoms with Crippen LogP contribution in [0.1, 0.15) is 16.7 Å². The second kappa shape index (κ2) is 13.1. The van der Waals surface area contributed by atoms with E-state index in [1.165, 1.54) is 0 Å². The van der Waals surface area contributed by atoms with E-state index in [9.17, 15) is 0 Å². The first-order valence-corrected chi connectivity index (χ1v) is 11.8. The van der Waals surface area contributed by atoms with Crippen LogP contribution in [-0.2, 0) is 19.6 Å². The molecule has 0 aliphatic rings. The summed E-state index contributed by atoms with van der Waals surface area (Å²) in [5.41, 5.74) is 2.95. The van der Waals surface area contributed by atoms with E-state index in [-0.39, 0.29) is 12.4 Å². The molecule has 0 saturated heterocycles. The summed E-state index contributed by atoms with van der Waals surface area (Å²) in [5.74, 6) is 1.25. The molecule has 0 saturated carbocycles. The van der Waals surface area contributed by atoms with Crippen molar-refractivity contribution in [3.8, 4) is 11.5 Å². The number of rotatable bonds is 9. The highest BCUT2D eigenvalue weighted by Crippen LogP contribution is 2.37. The molecule has 0 unspecified atom stereocenters. The summed E-state index contributed by atoms with van der Waals surface area (Å²) in [6.45, 7) is 1.74. The van der Waals surface area contributed by atoms with Crippen molar-refractivity contribution in [1.29, 1.82) is 0 Å². The van der Waals surface area contributed by atoms with Crippen LogP contribution in [0.4, 0.5) is 0 Å². The second-order valence-electron chi connectivity index (χ2n) is 6.80. The third kappa shape index (κ3) is 7.59. The Kier molecular flexibility index (Phi) is 11.3. The van der Waals surface area contributed by atoms with Crippen molar-refractivity contribution in [2.75, 3.05) is 13.7 Å². The lowest BCUT2D eigenvalue weighted by Gasteiger charge is -2.15. The highest BCUT2D eigenvalue weighted by atomic mass is 79.9. The molecular weight excluding hydrogens is 579 g/mol. The van der Waals surface area contributed by atoms with E-state index >= 15 is 0 Å². The van der Waals surface area contributed by atoms with Crippen LogP contribution >= 0.6 is 74.7 Å². The van der Waals surface area contributed by atoms with Gasteiger partial charge in [0.05, 0.1) is 11.6 Å². The van der Waals surface area contributed by atoms with Gasteiger partial charge in [0.2, 0.25) is 0 Å². The molecule has 9 heteroatoms. The van der Waals surface area contributed by atoms with E-state index in [4.69, 9.17) is 55.9 Å². The fraction of sp³-hybridized carbons (Fsp3) is 0.217. The van der Waals surface area contributed by atoms with E-state index in [2.05, 4.69) is 21.2 Å². The number of halogens is 6. The Balaban J connectivity index is 0.00000363. The number of benzene rings is 3. The minimum absolute atomic E-state index is 0. The average Bonchev–Trinajstić information content (AvgIpc) is 2.72. The molecule has 0 aromatic heterocycles. The Bertz CT molecular complexity index is 1060. The molecular formula is C23H21BrCl5NO2. The van der Waals surface area contributed by atoms with E-state index in [0.717, 1.165) is 34.1 Å². The zero-order chi connectivity index (χ0) is 22.4. The summed E-state index contributed by atoms with van der Waals surface area (Å²) in [6.07, 6.45) is 0.803. The summed E-state index contributed by atoms with van der Waals surface area (Å²) in [4.78, 5) is 0. The normalized spacial score (nSPS) is 10.6. The van der Waals surface area contributed by atoms with Crippen molar-refractivity contribution < 1.29 is 9.47 Å². The maximum Gasteiger partial charge on any atom is 0.175 e. The summed E-state index contributed by atoms with van der Waals surface area (Å²) in [6, 6.07) is 14.8. The number of hydrogen-bond acceptors (Lipinski definition) is 3. The van der Waals surface area contributed by atoms with Crippen molar-refractivity contribution in [3.05, 3.63) is 89.8 Å². The van der Waals surface area contributed by atoms with Crippen LogP contribution < -0.4 is 14.8 Å². The molecule has 3 aromatic rings. The molecule has 0 fully saturated rings. The fourth-order valence-corrected chi connectivity index (χ4v) is 4.55. The Morgan fingerprint density at radius 1 is 0.875 bits per heavy atom. The number of hydrogen-bond donors (Lipinski definition) is 1. The van der Waals surface area contributed by atoms with Crippen molar-refractivity contribution >= 4 is 74.7 Å². The first kappa shape index (κ1) is 27.4. The maximum atomic E-state index is 6.24. The molecule has 0 radical (unpaired) electrons. The summed E-state index contributed by atoms with van der Waals surface area (Å²) in [7, 11) is 1.61. The van der Waals surface area contributed by atoms with Gasteiger partial charge in [-0.15, -0.1) is 12.4 Å². The fourth-order valence-electron chi connectivity index (χ4n) is 2.98. The van der Waals surface area contributed by atoms with E-state index < -0.39 is 0 Å². The van der Waals surface area contributed by atoms with Gasteiger partial charge in [-0.25, -0.2) is 0 Å². The Labute approximate surface area is 222 Å². The van der Waals surface area contributed by atoms with Crippen LogP contribution in [0, 0.1) is 0 Å². The molecule has 0 amide bonds. The summed E-state index contributed by atoms with van der Waals surface area (Å²) < 4.78 is 12.3. The molecule has 0 heterocycles. The van der Waals surface area contributed by atoms with E-state index in [0.29, 0.717) is 44.7 Å². The summed E-state index contributed by atoms with van der Waals surface area (Å²) in [5, 5.41) is 5.89. The van der Waals surface area contributed by atoms with Gasteiger partial charge in [0.1, 0.15) is 6.61 Å². The topological polar surface area (TPSA) is 30.5 Å². The van der Waals surface area contributed by atoms with Gasteiger partial charge in [0.15, 0.2) is 11.5 Å². The highest BCUT2D eigenvalue weighted by molar-refractivity contribution is 9.10. The molecule has 3 rings (SSSR count). The number of methoxy groups -OCH3 is 1. The van der Waals surface area contributed by atoms with Crippen molar-refractivity contribution in [2.24, 2.45) is 0 Å². The molecule has 0 spiro atoms. The van der Waals surface area contributed by atoms with Gasteiger partial charge in [-0.2, -0.15) is 0 Å². The SMILES string of the molecule is COc1cc(CNCCc2ccc(Cl)cc2Cl)cc(Br)c1OCc1ccc(Cl)cc1Cl.Cl. The van der Waals surface area contributed by atoms with Crippen LogP contribution in [-0.4, -0.2) is 13.7 Å². The smallest absolute Gasteiger partial charge is 0.175 e. The molecule has 3 aromatic carbocycles. The zero-order valence-electron chi connectivity index (χ0n) is 17.1. The zero-order valence-corrected chi connectivity index (χ0v) is 22.5. The summed E-state index contributed by atoms with van der Waals surface area (Å²) >= 11 is 28.0. The Morgan fingerprint density at radius 3 is 2.09 bits per heavy atom. The van der Waals surface area contributed by atoms with Gasteiger partial charge >= 0.3 is 0 Å². The van der Waals surface area contributed by atoms with Gasteiger partial charge < -0.3 is 14.8 Å². The quantitative estimate of drug-likeness (QED) is 0.250. The Hall–Kier alpha value is -0.850. The molecule has 0 atom stereocenters. The lowest BCUT2D eigenvalue weighted by molar-refractivity contribution is 0.282. The van der Waals surface area contributed by atoms with Crippen LogP contribution in [0.3, 0.4) is 0 Å². The third-order valence-corrected chi connectivity index (χ3v) is 6.35. The van der Waals surface area contributed by atoms with E-state index in [1.807, 2.05) is 30.3 Å². The third-order valence-electron chi connectivity index (χ3n) is 4.59. The largest absolute Gasteiger partial charge is 0.493 e. The maximum absolute atomic E-state index is 6.24. The van der Waals surface area contributed by atoms with Crippen LogP contribution in [0.15, 0.2) is 53.0 Å². The molecule has 0 bridgehead atoms. The molecule has 172 valence electrons. The van der Waals surface area contributed by atoms with E-state index in [1.54, 1.807) is 25.3 Å². The van der Waals surface area contributed by atoms with Gasteiger partial charge in [0, 0.05) is 32.2 Å². The van der Waals surface area contributed by atoms with Crippen LogP contribution in [0.25, 0.3) is 0 Å².